The summed E-state index contributed by atoms with van der Waals surface area (Å²) in [7, 11) is -3.31. The van der Waals surface area contributed by atoms with Gasteiger partial charge in [0.15, 0.2) is 21.2 Å². The molecule has 0 spiro atoms. The fraction of sp³-hybridized carbons (Fsp3) is 0.130. The lowest BCUT2D eigenvalue weighted by Crippen LogP contribution is -2.13. The molecule has 4 rings (SSSR count). The number of carbonyl (C=O) groups is 1. The Morgan fingerprint density at radius 1 is 1.03 bits per heavy atom. The van der Waals surface area contributed by atoms with Crippen molar-refractivity contribution < 1.29 is 22.4 Å². The summed E-state index contributed by atoms with van der Waals surface area (Å²) >= 11 is 0. The first kappa shape index (κ1) is 20.6. The molecular formula is C23H20N2O5S. The first-order valence-electron chi connectivity index (χ1n) is 9.45. The van der Waals surface area contributed by atoms with Crippen molar-refractivity contribution in [2.75, 3.05) is 11.6 Å². The molecule has 2 aromatic carbocycles. The van der Waals surface area contributed by atoms with Gasteiger partial charge in [0, 0.05) is 23.4 Å². The van der Waals surface area contributed by atoms with Gasteiger partial charge in [-0.15, -0.1) is 0 Å². The Morgan fingerprint density at radius 3 is 2.42 bits per heavy atom. The number of sulfone groups is 1. The maximum Gasteiger partial charge on any atom is 0.256 e. The van der Waals surface area contributed by atoms with Crippen LogP contribution in [-0.2, 0) is 9.84 Å². The summed E-state index contributed by atoms with van der Waals surface area (Å²) in [6, 6.07) is 14.8. The van der Waals surface area contributed by atoms with Crippen molar-refractivity contribution in [2.45, 2.75) is 18.7 Å². The number of furan rings is 1. The Kier molecular flexibility index (Phi) is 5.24. The quantitative estimate of drug-likeness (QED) is 0.478. The molecule has 31 heavy (non-hydrogen) atoms. The van der Waals surface area contributed by atoms with Crippen molar-refractivity contribution >= 4 is 32.5 Å². The largest absolute Gasteiger partial charge is 0.457 e. The number of nitrogens with zero attached hydrogens (tertiary/aromatic N) is 1. The van der Waals surface area contributed by atoms with E-state index in [-0.39, 0.29) is 10.8 Å². The molecule has 2 aromatic heterocycles. The summed E-state index contributed by atoms with van der Waals surface area (Å²) in [5.41, 5.74) is 1.86. The molecule has 0 aliphatic heterocycles. The molecule has 0 unspecified atom stereocenters. The molecule has 0 saturated carbocycles. The molecule has 0 atom stereocenters. The van der Waals surface area contributed by atoms with E-state index in [0.29, 0.717) is 39.6 Å². The maximum absolute atomic E-state index is 12.8. The lowest BCUT2D eigenvalue weighted by Gasteiger charge is -2.10. The molecule has 8 heteroatoms. The van der Waals surface area contributed by atoms with Crippen LogP contribution in [0.1, 0.15) is 21.7 Å². The standard InChI is InChI=1S/C23H20N2O5S/c1-14-4-9-21(24-13-14)25-23(26)17-11-16-10-15(2)29-22(16)20(12-17)30-18-5-7-19(8-6-18)31(3,27)28/h4-13H,1-3H3,(H,24,25,26). The van der Waals surface area contributed by atoms with Crippen molar-refractivity contribution in [3.8, 4) is 11.5 Å². The van der Waals surface area contributed by atoms with Gasteiger partial charge < -0.3 is 14.5 Å². The summed E-state index contributed by atoms with van der Waals surface area (Å²) < 4.78 is 35.0. The minimum atomic E-state index is -3.31. The fourth-order valence-electron chi connectivity index (χ4n) is 3.07. The maximum atomic E-state index is 12.8. The predicted molar refractivity (Wildman–Crippen MR) is 118 cm³/mol. The number of benzene rings is 2. The Morgan fingerprint density at radius 2 is 1.77 bits per heavy atom. The van der Waals surface area contributed by atoms with E-state index in [1.165, 1.54) is 12.1 Å². The molecule has 1 amide bonds. The molecule has 158 valence electrons. The van der Waals surface area contributed by atoms with Crippen LogP contribution in [0, 0.1) is 13.8 Å². The lowest BCUT2D eigenvalue weighted by atomic mass is 10.1. The summed E-state index contributed by atoms with van der Waals surface area (Å²) in [4.78, 5) is 17.2. The minimum absolute atomic E-state index is 0.192. The van der Waals surface area contributed by atoms with Crippen molar-refractivity contribution in [1.82, 2.24) is 4.98 Å². The molecule has 0 radical (unpaired) electrons. The van der Waals surface area contributed by atoms with Crippen LogP contribution in [-0.4, -0.2) is 25.6 Å². The molecule has 0 bridgehead atoms. The van der Waals surface area contributed by atoms with Crippen molar-refractivity contribution in [3.63, 3.8) is 0 Å². The Balaban J connectivity index is 1.67. The first-order chi connectivity index (χ1) is 14.7. The molecule has 1 N–H and O–H groups in total. The number of nitrogens with one attached hydrogen (secondary N) is 1. The SMILES string of the molecule is Cc1ccc(NC(=O)c2cc(Oc3ccc(S(C)(=O)=O)cc3)c3oc(C)cc3c2)nc1. The van der Waals surface area contributed by atoms with Crippen molar-refractivity contribution in [1.29, 1.82) is 0 Å². The normalized spacial score (nSPS) is 11.5. The van der Waals surface area contributed by atoms with E-state index in [1.54, 1.807) is 43.5 Å². The lowest BCUT2D eigenvalue weighted by molar-refractivity contribution is 0.102. The molecule has 7 nitrogen and oxygen atoms in total. The van der Waals surface area contributed by atoms with E-state index in [2.05, 4.69) is 10.3 Å². The van der Waals surface area contributed by atoms with E-state index in [9.17, 15) is 13.2 Å². The number of anilines is 1. The highest BCUT2D eigenvalue weighted by molar-refractivity contribution is 7.90. The van der Waals surface area contributed by atoms with E-state index < -0.39 is 9.84 Å². The molecule has 4 aromatic rings. The first-order valence-corrected chi connectivity index (χ1v) is 11.3. The van der Waals surface area contributed by atoms with Crippen LogP contribution in [0.15, 0.2) is 70.1 Å². The van der Waals surface area contributed by atoms with Gasteiger partial charge in [0.2, 0.25) is 0 Å². The van der Waals surface area contributed by atoms with Crippen LogP contribution in [0.4, 0.5) is 5.82 Å². The topological polar surface area (TPSA) is 98.5 Å². The van der Waals surface area contributed by atoms with E-state index >= 15 is 0 Å². The van der Waals surface area contributed by atoms with Gasteiger partial charge in [-0.3, -0.25) is 4.79 Å². The number of fused-ring (bicyclic) bond motifs is 1. The average molecular weight is 436 g/mol. The second-order valence-electron chi connectivity index (χ2n) is 7.27. The number of rotatable bonds is 5. The molecule has 2 heterocycles. The Labute approximate surface area is 179 Å². The number of carbonyl (C=O) groups excluding carboxylic acids is 1. The highest BCUT2D eigenvalue weighted by Gasteiger charge is 2.16. The Bertz CT molecular complexity index is 1370. The van der Waals surface area contributed by atoms with Gasteiger partial charge in [0.25, 0.3) is 5.91 Å². The van der Waals surface area contributed by atoms with Crippen LogP contribution in [0.25, 0.3) is 11.0 Å². The highest BCUT2D eigenvalue weighted by Crippen LogP contribution is 2.34. The summed E-state index contributed by atoms with van der Waals surface area (Å²) in [6.45, 7) is 3.72. The van der Waals surface area contributed by atoms with Crippen molar-refractivity contribution in [3.05, 3.63) is 77.7 Å². The van der Waals surface area contributed by atoms with Gasteiger partial charge in [-0.2, -0.15) is 0 Å². The summed E-state index contributed by atoms with van der Waals surface area (Å²) in [5.74, 6) is 1.54. The molecule has 0 saturated heterocycles. The molecule has 0 fully saturated rings. The third-order valence-electron chi connectivity index (χ3n) is 4.60. The third-order valence-corrected chi connectivity index (χ3v) is 5.73. The zero-order valence-corrected chi connectivity index (χ0v) is 18.0. The van der Waals surface area contributed by atoms with Gasteiger partial charge in [-0.1, -0.05) is 6.07 Å². The number of ether oxygens (including phenoxy) is 1. The van der Waals surface area contributed by atoms with E-state index in [0.717, 1.165) is 11.8 Å². The summed E-state index contributed by atoms with van der Waals surface area (Å²) in [5, 5.41) is 3.48. The Hall–Kier alpha value is -3.65. The number of aromatic nitrogens is 1. The average Bonchev–Trinajstić information content (AvgIpc) is 3.10. The second kappa shape index (κ2) is 7.88. The van der Waals surface area contributed by atoms with Crippen LogP contribution in [0.5, 0.6) is 11.5 Å². The number of hydrogen-bond acceptors (Lipinski definition) is 6. The number of amides is 1. The van der Waals surface area contributed by atoms with Gasteiger partial charge in [0.1, 0.15) is 17.3 Å². The third kappa shape index (κ3) is 4.59. The van der Waals surface area contributed by atoms with Crippen LogP contribution in [0.2, 0.25) is 0 Å². The van der Waals surface area contributed by atoms with Gasteiger partial charge in [0.05, 0.1) is 4.90 Å². The minimum Gasteiger partial charge on any atom is -0.457 e. The van der Waals surface area contributed by atoms with Crippen molar-refractivity contribution in [2.24, 2.45) is 0 Å². The smallest absolute Gasteiger partial charge is 0.256 e. The van der Waals surface area contributed by atoms with E-state index in [4.69, 9.17) is 9.15 Å². The zero-order valence-electron chi connectivity index (χ0n) is 17.2. The fourth-order valence-corrected chi connectivity index (χ4v) is 3.70. The molecule has 0 aliphatic rings. The van der Waals surface area contributed by atoms with Crippen LogP contribution < -0.4 is 10.1 Å². The predicted octanol–water partition coefficient (Wildman–Crippen LogP) is 4.89. The highest BCUT2D eigenvalue weighted by atomic mass is 32.2. The van der Waals surface area contributed by atoms with Gasteiger partial charge in [-0.25, -0.2) is 13.4 Å². The van der Waals surface area contributed by atoms with E-state index in [1.807, 2.05) is 19.1 Å². The number of aryl methyl sites for hydroxylation is 2. The zero-order chi connectivity index (χ0) is 22.2. The van der Waals surface area contributed by atoms with Gasteiger partial charge >= 0.3 is 0 Å². The van der Waals surface area contributed by atoms with Crippen LogP contribution in [0.3, 0.4) is 0 Å². The number of hydrogen-bond donors (Lipinski definition) is 1. The van der Waals surface area contributed by atoms with Crippen LogP contribution >= 0.6 is 0 Å². The molecule has 0 aliphatic carbocycles. The summed E-state index contributed by atoms with van der Waals surface area (Å²) in [6.07, 6.45) is 2.82. The monoisotopic (exact) mass is 436 g/mol. The van der Waals surface area contributed by atoms with Gasteiger partial charge in [-0.05, 0) is 67.9 Å². The molecular weight excluding hydrogens is 416 g/mol. The second-order valence-corrected chi connectivity index (χ2v) is 9.29. The number of pyridine rings is 1.